The average Bonchev–Trinajstić information content (AvgIpc) is 2.61. The number of nitrogens with two attached hydrogens (primary N) is 1. The first-order valence-corrected chi connectivity index (χ1v) is 10.9. The summed E-state index contributed by atoms with van der Waals surface area (Å²) in [6, 6.07) is -3.72. The quantitative estimate of drug-likeness (QED) is 0.227. The van der Waals surface area contributed by atoms with Crippen LogP contribution in [0.3, 0.4) is 0 Å². The molecule has 0 aromatic carbocycles. The van der Waals surface area contributed by atoms with Crippen LogP contribution in [0.4, 0.5) is 0 Å². The van der Waals surface area contributed by atoms with E-state index in [0.717, 1.165) is 0 Å². The predicted octanol–water partition coefficient (Wildman–Crippen LogP) is 0.531. The van der Waals surface area contributed by atoms with Crippen molar-refractivity contribution >= 4 is 36.3 Å². The van der Waals surface area contributed by atoms with Gasteiger partial charge in [0.1, 0.15) is 18.1 Å². The smallest absolute Gasteiger partial charge is 0.327 e. The maximum Gasteiger partial charge on any atom is 0.327 e. The van der Waals surface area contributed by atoms with E-state index in [1.165, 1.54) is 0 Å². The van der Waals surface area contributed by atoms with Crippen molar-refractivity contribution in [1.29, 1.82) is 0 Å². The number of aliphatic carboxylic acids is 1. The summed E-state index contributed by atoms with van der Waals surface area (Å²) in [6.07, 6.45) is 0.853. The van der Waals surface area contributed by atoms with Gasteiger partial charge in [0.2, 0.25) is 17.7 Å². The van der Waals surface area contributed by atoms with Crippen molar-refractivity contribution in [3.8, 4) is 0 Å². The molecule has 0 aliphatic heterocycles. The molecule has 0 fully saturated rings. The molecule has 0 saturated heterocycles. The van der Waals surface area contributed by atoms with Crippen molar-refractivity contribution in [2.45, 2.75) is 78.6 Å². The summed E-state index contributed by atoms with van der Waals surface area (Å²) in [5, 5.41) is 16.8. The standard InChI is InChI=1S/C20H38N4O5S/c1-10(2)7-13(21)17(25)22-14(8-11(3)4)18(26)24-16(12(5)6)19(27)23-15(9-30)20(28)29/h10-16,30H,7-9,21H2,1-6H3,(H,22,25)(H,23,27)(H,24,26)(H,28,29). The lowest BCUT2D eigenvalue weighted by Crippen LogP contribution is -2.58. The molecule has 0 bridgehead atoms. The summed E-state index contributed by atoms with van der Waals surface area (Å²) in [4.78, 5) is 49.0. The zero-order valence-corrected chi connectivity index (χ0v) is 19.7. The van der Waals surface area contributed by atoms with Gasteiger partial charge in [0.25, 0.3) is 0 Å². The Morgan fingerprint density at radius 2 is 1.30 bits per heavy atom. The highest BCUT2D eigenvalue weighted by atomic mass is 32.1. The maximum atomic E-state index is 12.9. The van der Waals surface area contributed by atoms with E-state index in [0.29, 0.717) is 12.8 Å². The summed E-state index contributed by atoms with van der Waals surface area (Å²) in [6.45, 7) is 11.2. The largest absolute Gasteiger partial charge is 0.480 e. The van der Waals surface area contributed by atoms with Gasteiger partial charge in [0, 0.05) is 5.75 Å². The number of amides is 3. The highest BCUT2D eigenvalue weighted by Gasteiger charge is 2.31. The molecule has 0 aromatic rings. The number of carboxylic acids is 1. The fraction of sp³-hybridized carbons (Fsp3) is 0.800. The van der Waals surface area contributed by atoms with E-state index in [1.807, 2.05) is 27.7 Å². The molecule has 10 heteroatoms. The highest BCUT2D eigenvalue weighted by molar-refractivity contribution is 7.80. The molecule has 0 spiro atoms. The molecule has 0 rings (SSSR count). The SMILES string of the molecule is CC(C)CC(N)C(=O)NC(CC(C)C)C(=O)NC(C(=O)NC(CS)C(=O)O)C(C)C. The van der Waals surface area contributed by atoms with Crippen molar-refractivity contribution in [1.82, 2.24) is 16.0 Å². The predicted molar refractivity (Wildman–Crippen MR) is 119 cm³/mol. The molecule has 9 nitrogen and oxygen atoms in total. The summed E-state index contributed by atoms with van der Waals surface area (Å²) < 4.78 is 0. The molecular weight excluding hydrogens is 408 g/mol. The molecule has 3 amide bonds. The van der Waals surface area contributed by atoms with Gasteiger partial charge in [-0.3, -0.25) is 14.4 Å². The highest BCUT2D eigenvalue weighted by Crippen LogP contribution is 2.10. The number of carboxylic acid groups (broad SMARTS) is 1. The minimum Gasteiger partial charge on any atom is -0.480 e. The Morgan fingerprint density at radius 1 is 0.800 bits per heavy atom. The number of rotatable bonds is 13. The minimum absolute atomic E-state index is 0.0837. The third-order valence-corrected chi connectivity index (χ3v) is 4.81. The summed E-state index contributed by atoms with van der Waals surface area (Å²) in [7, 11) is 0. The molecule has 4 unspecified atom stereocenters. The first-order chi connectivity index (χ1) is 13.8. The van der Waals surface area contributed by atoms with Gasteiger partial charge in [-0.15, -0.1) is 0 Å². The van der Waals surface area contributed by atoms with E-state index in [2.05, 4.69) is 28.6 Å². The van der Waals surface area contributed by atoms with Gasteiger partial charge >= 0.3 is 5.97 Å². The van der Waals surface area contributed by atoms with Crippen LogP contribution >= 0.6 is 12.6 Å². The van der Waals surface area contributed by atoms with E-state index >= 15 is 0 Å². The summed E-state index contributed by atoms with van der Waals surface area (Å²) in [5.74, 6) is -2.82. The lowest BCUT2D eigenvalue weighted by Gasteiger charge is -2.27. The Bertz CT molecular complexity index is 598. The molecular formula is C20H38N4O5S. The van der Waals surface area contributed by atoms with Gasteiger partial charge in [0.15, 0.2) is 0 Å². The number of nitrogens with one attached hydrogen (secondary N) is 3. The van der Waals surface area contributed by atoms with Crippen molar-refractivity contribution in [3.63, 3.8) is 0 Å². The van der Waals surface area contributed by atoms with Gasteiger partial charge in [-0.05, 0) is 30.6 Å². The lowest BCUT2D eigenvalue weighted by molar-refractivity contribution is -0.142. The van der Waals surface area contributed by atoms with Crippen LogP contribution in [0.25, 0.3) is 0 Å². The van der Waals surface area contributed by atoms with E-state index < -0.39 is 47.9 Å². The fourth-order valence-electron chi connectivity index (χ4n) is 2.83. The van der Waals surface area contributed by atoms with Gasteiger partial charge in [-0.1, -0.05) is 41.5 Å². The summed E-state index contributed by atoms with van der Waals surface area (Å²) >= 11 is 3.93. The zero-order chi connectivity index (χ0) is 23.6. The molecule has 174 valence electrons. The van der Waals surface area contributed by atoms with E-state index in [9.17, 15) is 19.2 Å². The van der Waals surface area contributed by atoms with Gasteiger partial charge in [-0.25, -0.2) is 4.79 Å². The first-order valence-electron chi connectivity index (χ1n) is 10.3. The molecule has 0 radical (unpaired) electrons. The van der Waals surface area contributed by atoms with Crippen LogP contribution < -0.4 is 21.7 Å². The van der Waals surface area contributed by atoms with Gasteiger partial charge < -0.3 is 26.8 Å². The normalized spacial score (nSPS) is 15.4. The molecule has 0 aromatic heterocycles. The van der Waals surface area contributed by atoms with Crippen LogP contribution in [0.15, 0.2) is 0 Å². The summed E-state index contributed by atoms with van der Waals surface area (Å²) in [5.41, 5.74) is 5.92. The monoisotopic (exact) mass is 446 g/mol. The first kappa shape index (κ1) is 28.2. The molecule has 0 aliphatic rings. The second-order valence-electron chi connectivity index (χ2n) is 8.74. The minimum atomic E-state index is -1.21. The van der Waals surface area contributed by atoms with Gasteiger partial charge in [-0.2, -0.15) is 12.6 Å². The number of carbonyl (C=O) groups is 4. The molecule has 0 heterocycles. The molecule has 0 saturated carbocycles. The van der Waals surface area contributed by atoms with Gasteiger partial charge in [0.05, 0.1) is 6.04 Å². The second-order valence-corrected chi connectivity index (χ2v) is 9.10. The van der Waals surface area contributed by atoms with Crippen LogP contribution in [-0.4, -0.2) is 58.7 Å². The Hall–Kier alpha value is -1.81. The molecule has 4 atom stereocenters. The Morgan fingerprint density at radius 3 is 1.70 bits per heavy atom. The third-order valence-electron chi connectivity index (χ3n) is 4.45. The number of carbonyl (C=O) groups excluding carboxylic acids is 3. The van der Waals surface area contributed by atoms with Crippen LogP contribution in [0.2, 0.25) is 0 Å². The van der Waals surface area contributed by atoms with Crippen molar-refractivity contribution < 1.29 is 24.3 Å². The van der Waals surface area contributed by atoms with Crippen LogP contribution in [0, 0.1) is 17.8 Å². The molecule has 30 heavy (non-hydrogen) atoms. The number of hydrogen-bond donors (Lipinski definition) is 6. The van der Waals surface area contributed by atoms with Crippen LogP contribution in [-0.2, 0) is 19.2 Å². The average molecular weight is 447 g/mol. The van der Waals surface area contributed by atoms with Crippen molar-refractivity contribution in [3.05, 3.63) is 0 Å². The van der Waals surface area contributed by atoms with Crippen LogP contribution in [0.5, 0.6) is 0 Å². The second kappa shape index (κ2) is 13.5. The topological polar surface area (TPSA) is 151 Å². The lowest BCUT2D eigenvalue weighted by atomic mass is 9.98. The van der Waals surface area contributed by atoms with E-state index in [1.54, 1.807) is 13.8 Å². The van der Waals surface area contributed by atoms with E-state index in [4.69, 9.17) is 10.8 Å². The Balaban J connectivity index is 5.33. The third kappa shape index (κ3) is 10.3. The Labute approximate surface area is 184 Å². The number of thiol groups is 1. The fourth-order valence-corrected chi connectivity index (χ4v) is 3.08. The van der Waals surface area contributed by atoms with E-state index in [-0.39, 0.29) is 23.5 Å². The maximum absolute atomic E-state index is 12.9. The van der Waals surface area contributed by atoms with Crippen LogP contribution in [0.1, 0.15) is 54.4 Å². The molecule has 0 aliphatic carbocycles. The zero-order valence-electron chi connectivity index (χ0n) is 18.8. The Kier molecular flexibility index (Phi) is 12.7. The molecule has 6 N–H and O–H groups in total. The van der Waals surface area contributed by atoms with Crippen molar-refractivity contribution in [2.24, 2.45) is 23.5 Å². The number of hydrogen-bond acceptors (Lipinski definition) is 6. The van der Waals surface area contributed by atoms with Crippen molar-refractivity contribution in [2.75, 3.05) is 5.75 Å².